The number of nitrogens with one attached hydrogen (secondary N) is 2. The highest BCUT2D eigenvalue weighted by Crippen LogP contribution is 2.33. The van der Waals surface area contributed by atoms with Gasteiger partial charge in [0.05, 0.1) is 16.2 Å². The summed E-state index contributed by atoms with van der Waals surface area (Å²) in [5.41, 5.74) is -0.146. The van der Waals surface area contributed by atoms with Gasteiger partial charge >= 0.3 is 6.03 Å². The summed E-state index contributed by atoms with van der Waals surface area (Å²) >= 11 is 0. The number of benzene rings is 2. The van der Waals surface area contributed by atoms with E-state index in [1.54, 1.807) is 24.3 Å². The van der Waals surface area contributed by atoms with Gasteiger partial charge in [-0.15, -0.1) is 0 Å². The molecule has 30 heavy (non-hydrogen) atoms. The Kier molecular flexibility index (Phi) is 5.81. The molecule has 0 radical (unpaired) electrons. The number of amides is 4. The number of hydrogen-bond donors (Lipinski definition) is 2. The number of carbonyl (C=O) groups is 3. The minimum absolute atomic E-state index is 0.131. The topological polar surface area (TPSA) is 122 Å². The molecular formula is C21H22N4O5. The Labute approximate surface area is 173 Å². The van der Waals surface area contributed by atoms with Crippen molar-refractivity contribution >= 4 is 29.2 Å². The SMILES string of the molecule is CCC[C@]1(c2ccccc2)NC(=O)N(CC(=O)Nc2cccc([N+](=O)[O-])c2C)C1=O. The first-order chi connectivity index (χ1) is 14.3. The van der Waals surface area contributed by atoms with Crippen LogP contribution in [0.1, 0.15) is 30.9 Å². The van der Waals surface area contributed by atoms with E-state index in [1.165, 1.54) is 25.1 Å². The number of anilines is 1. The van der Waals surface area contributed by atoms with Crippen LogP contribution in [0.3, 0.4) is 0 Å². The number of hydrogen-bond acceptors (Lipinski definition) is 5. The molecule has 1 aliphatic rings. The third-order valence-electron chi connectivity index (χ3n) is 5.15. The van der Waals surface area contributed by atoms with Crippen LogP contribution in [0, 0.1) is 17.0 Å². The number of imide groups is 1. The smallest absolute Gasteiger partial charge is 0.324 e. The van der Waals surface area contributed by atoms with Crippen molar-refractivity contribution in [3.05, 3.63) is 69.8 Å². The Balaban J connectivity index is 1.81. The maximum Gasteiger partial charge on any atom is 0.325 e. The van der Waals surface area contributed by atoms with Crippen molar-refractivity contribution in [3.8, 4) is 0 Å². The Morgan fingerprint density at radius 2 is 1.87 bits per heavy atom. The van der Waals surface area contributed by atoms with E-state index in [-0.39, 0.29) is 16.9 Å². The second-order valence-electron chi connectivity index (χ2n) is 7.10. The Hall–Kier alpha value is -3.75. The molecule has 1 saturated heterocycles. The minimum atomic E-state index is -1.21. The Bertz CT molecular complexity index is 1010. The first kappa shape index (κ1) is 21.0. The lowest BCUT2D eigenvalue weighted by molar-refractivity contribution is -0.385. The van der Waals surface area contributed by atoms with E-state index < -0.39 is 34.9 Å². The van der Waals surface area contributed by atoms with Gasteiger partial charge in [-0.25, -0.2) is 4.79 Å². The zero-order valence-electron chi connectivity index (χ0n) is 16.7. The van der Waals surface area contributed by atoms with Gasteiger partial charge in [0.25, 0.3) is 11.6 Å². The standard InChI is InChI=1S/C21H22N4O5/c1-3-12-21(15-8-5-4-6-9-15)19(27)24(20(28)23-21)13-18(26)22-16-10-7-11-17(14(16)2)25(29)30/h4-11H,3,12-13H2,1-2H3,(H,22,26)(H,23,28)/t21-/m1/s1. The molecule has 1 atom stereocenters. The summed E-state index contributed by atoms with van der Waals surface area (Å²) in [5.74, 6) is -1.12. The summed E-state index contributed by atoms with van der Waals surface area (Å²) in [7, 11) is 0. The number of nitro benzene ring substituents is 1. The highest BCUT2D eigenvalue weighted by Gasteiger charge is 2.52. The minimum Gasteiger partial charge on any atom is -0.324 e. The lowest BCUT2D eigenvalue weighted by Crippen LogP contribution is -2.44. The maximum atomic E-state index is 13.2. The van der Waals surface area contributed by atoms with E-state index in [0.29, 0.717) is 18.4 Å². The molecule has 2 N–H and O–H groups in total. The first-order valence-electron chi connectivity index (χ1n) is 9.53. The molecule has 0 aromatic heterocycles. The van der Waals surface area contributed by atoms with E-state index in [1.807, 2.05) is 13.0 Å². The Morgan fingerprint density at radius 3 is 2.50 bits per heavy atom. The van der Waals surface area contributed by atoms with Crippen molar-refractivity contribution in [2.24, 2.45) is 0 Å². The fourth-order valence-electron chi connectivity index (χ4n) is 3.67. The number of carbonyl (C=O) groups excluding carboxylic acids is 3. The first-order valence-corrected chi connectivity index (χ1v) is 9.53. The summed E-state index contributed by atoms with van der Waals surface area (Å²) in [6, 6.07) is 12.6. The average Bonchev–Trinajstić information content (AvgIpc) is 2.95. The van der Waals surface area contributed by atoms with Gasteiger partial charge < -0.3 is 10.6 Å². The summed E-state index contributed by atoms with van der Waals surface area (Å²) in [6.45, 7) is 2.93. The van der Waals surface area contributed by atoms with Crippen LogP contribution in [0.25, 0.3) is 0 Å². The lowest BCUT2D eigenvalue weighted by atomic mass is 9.85. The van der Waals surface area contributed by atoms with Crippen molar-refractivity contribution < 1.29 is 19.3 Å². The molecule has 4 amide bonds. The van der Waals surface area contributed by atoms with Gasteiger partial charge in [-0.1, -0.05) is 49.7 Å². The quantitative estimate of drug-likeness (QED) is 0.413. The van der Waals surface area contributed by atoms with Gasteiger partial charge in [-0.2, -0.15) is 0 Å². The summed E-state index contributed by atoms with van der Waals surface area (Å²) in [6.07, 6.45) is 1.04. The molecule has 0 unspecified atom stereocenters. The maximum absolute atomic E-state index is 13.2. The van der Waals surface area contributed by atoms with E-state index in [2.05, 4.69) is 10.6 Å². The van der Waals surface area contributed by atoms with Crippen LogP contribution in [-0.4, -0.2) is 34.2 Å². The van der Waals surface area contributed by atoms with Crippen molar-refractivity contribution in [3.63, 3.8) is 0 Å². The van der Waals surface area contributed by atoms with Gasteiger partial charge in [0.2, 0.25) is 5.91 Å². The molecule has 2 aromatic rings. The summed E-state index contributed by atoms with van der Waals surface area (Å²) in [4.78, 5) is 49.7. The van der Waals surface area contributed by atoms with Crippen LogP contribution in [0.2, 0.25) is 0 Å². The van der Waals surface area contributed by atoms with Crippen LogP contribution >= 0.6 is 0 Å². The van der Waals surface area contributed by atoms with Crippen LogP contribution in [0.5, 0.6) is 0 Å². The van der Waals surface area contributed by atoms with Crippen LogP contribution < -0.4 is 10.6 Å². The fraction of sp³-hybridized carbons (Fsp3) is 0.286. The van der Waals surface area contributed by atoms with Crippen molar-refractivity contribution in [1.82, 2.24) is 10.2 Å². The largest absolute Gasteiger partial charge is 0.325 e. The van der Waals surface area contributed by atoms with E-state index >= 15 is 0 Å². The molecule has 1 fully saturated rings. The second-order valence-corrected chi connectivity index (χ2v) is 7.10. The van der Waals surface area contributed by atoms with Crippen molar-refractivity contribution in [2.75, 3.05) is 11.9 Å². The fourth-order valence-corrected chi connectivity index (χ4v) is 3.67. The zero-order valence-corrected chi connectivity index (χ0v) is 16.7. The summed E-state index contributed by atoms with van der Waals surface area (Å²) in [5, 5.41) is 16.4. The molecule has 0 saturated carbocycles. The van der Waals surface area contributed by atoms with Crippen LogP contribution in [-0.2, 0) is 15.1 Å². The molecule has 0 spiro atoms. The van der Waals surface area contributed by atoms with Gasteiger partial charge in [0.15, 0.2) is 0 Å². The predicted molar refractivity (Wildman–Crippen MR) is 110 cm³/mol. The zero-order chi connectivity index (χ0) is 21.9. The molecular weight excluding hydrogens is 388 g/mol. The van der Waals surface area contributed by atoms with Crippen LogP contribution in [0.15, 0.2) is 48.5 Å². The lowest BCUT2D eigenvalue weighted by Gasteiger charge is -2.26. The van der Waals surface area contributed by atoms with Gasteiger partial charge in [-0.3, -0.25) is 24.6 Å². The summed E-state index contributed by atoms with van der Waals surface area (Å²) < 4.78 is 0. The van der Waals surface area contributed by atoms with Gasteiger partial charge in [-0.05, 0) is 25.0 Å². The number of urea groups is 1. The Morgan fingerprint density at radius 1 is 1.17 bits per heavy atom. The molecule has 9 nitrogen and oxygen atoms in total. The average molecular weight is 410 g/mol. The molecule has 0 bridgehead atoms. The second kappa shape index (κ2) is 8.32. The monoisotopic (exact) mass is 410 g/mol. The molecule has 1 heterocycles. The molecule has 1 aliphatic heterocycles. The highest BCUT2D eigenvalue weighted by molar-refractivity contribution is 6.10. The molecule has 3 rings (SSSR count). The van der Waals surface area contributed by atoms with E-state index in [9.17, 15) is 24.5 Å². The van der Waals surface area contributed by atoms with Crippen molar-refractivity contribution in [2.45, 2.75) is 32.2 Å². The normalized spacial score (nSPS) is 18.3. The van der Waals surface area contributed by atoms with Crippen LogP contribution in [0.4, 0.5) is 16.2 Å². The van der Waals surface area contributed by atoms with Gasteiger partial charge in [0, 0.05) is 6.07 Å². The van der Waals surface area contributed by atoms with E-state index in [4.69, 9.17) is 0 Å². The number of nitro groups is 1. The number of rotatable bonds is 7. The molecule has 156 valence electrons. The molecule has 9 heteroatoms. The third-order valence-corrected chi connectivity index (χ3v) is 5.15. The molecule has 0 aliphatic carbocycles. The van der Waals surface area contributed by atoms with Crippen molar-refractivity contribution in [1.29, 1.82) is 0 Å². The van der Waals surface area contributed by atoms with E-state index in [0.717, 1.165) is 4.90 Å². The van der Waals surface area contributed by atoms with Gasteiger partial charge in [0.1, 0.15) is 12.1 Å². The predicted octanol–water partition coefficient (Wildman–Crippen LogP) is 3.09. The number of nitrogens with zero attached hydrogens (tertiary/aromatic N) is 2. The highest BCUT2D eigenvalue weighted by atomic mass is 16.6. The molecule has 2 aromatic carbocycles. The third kappa shape index (κ3) is 3.73.